The molecule has 1 amide bonds. The lowest BCUT2D eigenvalue weighted by molar-refractivity contribution is -0.142. The van der Waals surface area contributed by atoms with Crippen LogP contribution in [0.15, 0.2) is 4.99 Å². The molecule has 1 unspecified atom stereocenters. The van der Waals surface area contributed by atoms with E-state index in [-0.39, 0.29) is 36.0 Å². The van der Waals surface area contributed by atoms with Crippen molar-refractivity contribution in [2.45, 2.75) is 38.8 Å². The summed E-state index contributed by atoms with van der Waals surface area (Å²) in [6, 6.07) is 0. The minimum absolute atomic E-state index is 0. The van der Waals surface area contributed by atoms with Crippen molar-refractivity contribution < 1.29 is 9.53 Å². The van der Waals surface area contributed by atoms with Crippen molar-refractivity contribution in [3.05, 3.63) is 11.6 Å². The Hall–Kier alpha value is -1.08. The van der Waals surface area contributed by atoms with Gasteiger partial charge in [-0.15, -0.1) is 34.2 Å². The molecule has 1 N–H and O–H groups in total. The molecule has 170 valence electrons. The van der Waals surface area contributed by atoms with Crippen LogP contribution in [0.4, 0.5) is 0 Å². The standard InChI is InChI=1S/C19H33N7O2S.HI/c1-15-22-23-17(24(15)2)14-21-19(20-7-5-13-29-3)26-10-8-25(9-11-26)18(27)16-6-4-12-28-16;/h16H,4-14H2,1-3H3,(H,20,21);1H. The molecule has 0 aliphatic carbocycles. The molecule has 1 aromatic rings. The van der Waals surface area contributed by atoms with Gasteiger partial charge >= 0.3 is 0 Å². The molecular formula is C19H34IN7O2S. The van der Waals surface area contributed by atoms with E-state index in [4.69, 9.17) is 9.73 Å². The number of carbonyl (C=O) groups is 1. The van der Waals surface area contributed by atoms with Crippen LogP contribution in [0.2, 0.25) is 0 Å². The van der Waals surface area contributed by atoms with Gasteiger partial charge in [0.05, 0.1) is 0 Å². The number of piperazine rings is 1. The summed E-state index contributed by atoms with van der Waals surface area (Å²) in [6.45, 7) is 6.94. The van der Waals surface area contributed by atoms with E-state index >= 15 is 0 Å². The second-order valence-electron chi connectivity index (χ2n) is 7.45. The zero-order valence-electron chi connectivity index (χ0n) is 18.2. The summed E-state index contributed by atoms with van der Waals surface area (Å²) in [6.07, 6.45) is 4.80. The first-order valence-electron chi connectivity index (χ1n) is 10.4. The number of rotatable bonds is 7. The zero-order valence-corrected chi connectivity index (χ0v) is 21.3. The summed E-state index contributed by atoms with van der Waals surface area (Å²) in [5.74, 6) is 3.87. The number of carbonyl (C=O) groups excluding carboxylic acids is 1. The fourth-order valence-electron chi connectivity index (χ4n) is 3.53. The van der Waals surface area contributed by atoms with Gasteiger partial charge in [-0.1, -0.05) is 0 Å². The predicted octanol–water partition coefficient (Wildman–Crippen LogP) is 1.26. The maximum absolute atomic E-state index is 12.6. The first kappa shape index (κ1) is 25.2. The highest BCUT2D eigenvalue weighted by Gasteiger charge is 2.31. The molecule has 2 aliphatic rings. The number of aryl methyl sites for hydroxylation is 1. The van der Waals surface area contributed by atoms with Gasteiger partial charge in [0.2, 0.25) is 0 Å². The molecule has 2 aliphatic heterocycles. The van der Waals surface area contributed by atoms with Gasteiger partial charge in [-0.3, -0.25) is 4.79 Å². The van der Waals surface area contributed by atoms with E-state index in [1.165, 1.54) is 0 Å². The molecule has 3 rings (SSSR count). The highest BCUT2D eigenvalue weighted by atomic mass is 127. The Morgan fingerprint density at radius 1 is 1.27 bits per heavy atom. The van der Waals surface area contributed by atoms with E-state index in [1.54, 1.807) is 0 Å². The predicted molar refractivity (Wildman–Crippen MR) is 130 cm³/mol. The lowest BCUT2D eigenvalue weighted by Crippen LogP contribution is -2.55. The molecule has 0 radical (unpaired) electrons. The van der Waals surface area contributed by atoms with Crippen LogP contribution >= 0.6 is 35.7 Å². The van der Waals surface area contributed by atoms with Crippen LogP contribution in [0.3, 0.4) is 0 Å². The fraction of sp³-hybridized carbons (Fsp3) is 0.789. The van der Waals surface area contributed by atoms with Crippen molar-refractivity contribution in [3.8, 4) is 0 Å². The molecule has 1 aromatic heterocycles. The Morgan fingerprint density at radius 2 is 2.00 bits per heavy atom. The highest BCUT2D eigenvalue weighted by molar-refractivity contribution is 14.0. The molecule has 2 saturated heterocycles. The van der Waals surface area contributed by atoms with Crippen LogP contribution < -0.4 is 5.32 Å². The molecule has 0 aromatic carbocycles. The zero-order chi connectivity index (χ0) is 20.6. The Bertz CT molecular complexity index is 701. The van der Waals surface area contributed by atoms with Crippen molar-refractivity contribution in [1.29, 1.82) is 0 Å². The lowest BCUT2D eigenvalue weighted by atomic mass is 10.2. The first-order valence-corrected chi connectivity index (χ1v) is 11.8. The number of aromatic nitrogens is 3. The summed E-state index contributed by atoms with van der Waals surface area (Å²) in [7, 11) is 1.96. The topological polar surface area (TPSA) is 87.9 Å². The van der Waals surface area contributed by atoms with Crippen molar-refractivity contribution >= 4 is 47.6 Å². The summed E-state index contributed by atoms with van der Waals surface area (Å²) < 4.78 is 7.53. The summed E-state index contributed by atoms with van der Waals surface area (Å²) in [5.41, 5.74) is 0. The molecule has 9 nitrogen and oxygen atoms in total. The normalized spacial score (nSPS) is 19.7. The molecular weight excluding hydrogens is 517 g/mol. The van der Waals surface area contributed by atoms with Gasteiger partial charge in [0, 0.05) is 46.4 Å². The van der Waals surface area contributed by atoms with Gasteiger partial charge in [0.1, 0.15) is 18.5 Å². The molecule has 0 saturated carbocycles. The van der Waals surface area contributed by atoms with E-state index in [1.807, 2.05) is 35.2 Å². The first-order chi connectivity index (χ1) is 14.1. The molecule has 2 fully saturated rings. The minimum atomic E-state index is -0.237. The second-order valence-corrected chi connectivity index (χ2v) is 8.44. The van der Waals surface area contributed by atoms with Gasteiger partial charge in [-0.25, -0.2) is 4.99 Å². The summed E-state index contributed by atoms with van der Waals surface area (Å²) in [5, 5.41) is 11.8. The Kier molecular flexibility index (Phi) is 10.7. The maximum Gasteiger partial charge on any atom is 0.251 e. The van der Waals surface area contributed by atoms with Crippen molar-refractivity contribution in [3.63, 3.8) is 0 Å². The van der Waals surface area contributed by atoms with E-state index in [0.717, 1.165) is 62.3 Å². The van der Waals surface area contributed by atoms with Crippen LogP contribution in [-0.4, -0.2) is 93.9 Å². The highest BCUT2D eigenvalue weighted by Crippen LogP contribution is 2.16. The molecule has 0 spiro atoms. The number of halogens is 1. The van der Waals surface area contributed by atoms with Crippen LogP contribution in [0.25, 0.3) is 0 Å². The summed E-state index contributed by atoms with van der Waals surface area (Å²) >= 11 is 1.85. The SMILES string of the molecule is CSCCCNC(=NCc1nnc(C)n1C)N1CCN(C(=O)C2CCCO2)CC1.I. The summed E-state index contributed by atoms with van der Waals surface area (Å²) in [4.78, 5) is 21.6. The molecule has 0 bridgehead atoms. The molecule has 30 heavy (non-hydrogen) atoms. The number of hydrogen-bond acceptors (Lipinski definition) is 6. The Labute approximate surface area is 200 Å². The van der Waals surface area contributed by atoms with Gasteiger partial charge < -0.3 is 24.4 Å². The maximum atomic E-state index is 12.6. The third kappa shape index (κ3) is 6.71. The lowest BCUT2D eigenvalue weighted by Gasteiger charge is -2.37. The largest absolute Gasteiger partial charge is 0.368 e. The van der Waals surface area contributed by atoms with Gasteiger partial charge in [-0.05, 0) is 38.2 Å². The Balaban J connectivity index is 0.00000320. The molecule has 11 heteroatoms. The van der Waals surface area contributed by atoms with E-state index in [2.05, 4.69) is 26.7 Å². The number of nitrogens with one attached hydrogen (secondary N) is 1. The van der Waals surface area contributed by atoms with Crippen LogP contribution in [0, 0.1) is 6.92 Å². The minimum Gasteiger partial charge on any atom is -0.368 e. The van der Waals surface area contributed by atoms with E-state index < -0.39 is 0 Å². The average molecular weight is 551 g/mol. The second kappa shape index (κ2) is 12.7. The van der Waals surface area contributed by atoms with Crippen molar-refractivity contribution in [2.75, 3.05) is 51.3 Å². The fourth-order valence-corrected chi connectivity index (χ4v) is 3.97. The van der Waals surface area contributed by atoms with Crippen LogP contribution in [0.1, 0.15) is 30.9 Å². The van der Waals surface area contributed by atoms with E-state index in [0.29, 0.717) is 26.2 Å². The third-order valence-electron chi connectivity index (χ3n) is 5.46. The number of ether oxygens (including phenoxy) is 1. The van der Waals surface area contributed by atoms with Crippen molar-refractivity contribution in [2.24, 2.45) is 12.0 Å². The number of thioether (sulfide) groups is 1. The number of guanidine groups is 1. The smallest absolute Gasteiger partial charge is 0.251 e. The van der Waals surface area contributed by atoms with Crippen LogP contribution in [0.5, 0.6) is 0 Å². The average Bonchev–Trinajstić information content (AvgIpc) is 3.39. The van der Waals surface area contributed by atoms with Gasteiger partial charge in [0.15, 0.2) is 11.8 Å². The molecule has 3 heterocycles. The Morgan fingerprint density at radius 3 is 2.60 bits per heavy atom. The number of amides is 1. The monoisotopic (exact) mass is 551 g/mol. The van der Waals surface area contributed by atoms with Gasteiger partial charge in [0.25, 0.3) is 5.91 Å². The van der Waals surface area contributed by atoms with Crippen molar-refractivity contribution in [1.82, 2.24) is 29.9 Å². The number of hydrogen-bond donors (Lipinski definition) is 1. The third-order valence-corrected chi connectivity index (χ3v) is 6.15. The quantitative estimate of drug-likeness (QED) is 0.236. The van der Waals surface area contributed by atoms with Crippen LogP contribution in [-0.2, 0) is 23.1 Å². The molecule has 1 atom stereocenters. The number of nitrogens with zero attached hydrogens (tertiary/aromatic N) is 6. The number of aliphatic imine (C=N–C) groups is 1. The van der Waals surface area contributed by atoms with E-state index in [9.17, 15) is 4.79 Å². The van der Waals surface area contributed by atoms with Gasteiger partial charge in [-0.2, -0.15) is 11.8 Å².